The second kappa shape index (κ2) is 8.08. The maximum Gasteiger partial charge on any atom is 0.210 e. The third kappa shape index (κ3) is 3.69. The SMILES string of the molecule is Cc1cccn2cc(CSc3nnc(-c4ccccc4)c(-c4ccccc4)n3)nc12. The number of pyridine rings is 1. The lowest BCUT2D eigenvalue weighted by molar-refractivity contribution is 0.849. The zero-order valence-corrected chi connectivity index (χ0v) is 17.3. The van der Waals surface area contributed by atoms with E-state index < -0.39 is 0 Å². The standard InChI is InChI=1S/C24H19N5S/c1-17-9-8-14-29-15-20(25-23(17)29)16-30-24-26-21(18-10-4-2-5-11-18)22(27-28-24)19-12-6-3-7-13-19/h2-15H,16H2,1H3. The third-order valence-electron chi connectivity index (χ3n) is 4.84. The van der Waals surface area contributed by atoms with E-state index in [0.29, 0.717) is 10.9 Å². The highest BCUT2D eigenvalue weighted by Crippen LogP contribution is 2.30. The van der Waals surface area contributed by atoms with E-state index >= 15 is 0 Å². The van der Waals surface area contributed by atoms with Gasteiger partial charge in [-0.25, -0.2) is 9.97 Å². The third-order valence-corrected chi connectivity index (χ3v) is 5.71. The molecule has 3 heterocycles. The van der Waals surface area contributed by atoms with E-state index in [2.05, 4.69) is 45.9 Å². The molecule has 2 aromatic carbocycles. The van der Waals surface area contributed by atoms with Crippen molar-refractivity contribution in [3.8, 4) is 22.5 Å². The van der Waals surface area contributed by atoms with E-state index in [0.717, 1.165) is 39.4 Å². The normalized spacial score (nSPS) is 11.1. The second-order valence-electron chi connectivity index (χ2n) is 6.97. The first-order valence-electron chi connectivity index (χ1n) is 9.69. The summed E-state index contributed by atoms with van der Waals surface area (Å²) in [4.78, 5) is 9.60. The molecule has 0 spiro atoms. The Morgan fingerprint density at radius 1 is 0.767 bits per heavy atom. The molecule has 0 unspecified atom stereocenters. The van der Waals surface area contributed by atoms with Crippen molar-refractivity contribution in [3.63, 3.8) is 0 Å². The molecule has 0 saturated heterocycles. The monoisotopic (exact) mass is 409 g/mol. The largest absolute Gasteiger partial charge is 0.307 e. The first-order chi connectivity index (χ1) is 14.8. The molecule has 5 aromatic rings. The molecule has 0 aliphatic rings. The van der Waals surface area contributed by atoms with Gasteiger partial charge < -0.3 is 4.40 Å². The van der Waals surface area contributed by atoms with Gasteiger partial charge >= 0.3 is 0 Å². The van der Waals surface area contributed by atoms with Crippen LogP contribution >= 0.6 is 11.8 Å². The zero-order chi connectivity index (χ0) is 20.3. The van der Waals surface area contributed by atoms with Crippen LogP contribution in [0.15, 0.2) is 90.3 Å². The molecular weight excluding hydrogens is 390 g/mol. The fourth-order valence-electron chi connectivity index (χ4n) is 3.37. The van der Waals surface area contributed by atoms with Crippen LogP contribution in [0.5, 0.6) is 0 Å². The van der Waals surface area contributed by atoms with Gasteiger partial charge in [0, 0.05) is 29.3 Å². The molecule has 0 radical (unpaired) electrons. The van der Waals surface area contributed by atoms with Crippen molar-refractivity contribution < 1.29 is 0 Å². The minimum atomic E-state index is 0.641. The van der Waals surface area contributed by atoms with Crippen molar-refractivity contribution in [1.29, 1.82) is 0 Å². The molecular formula is C24H19N5S. The summed E-state index contributed by atoms with van der Waals surface area (Å²) in [6.07, 6.45) is 4.07. The van der Waals surface area contributed by atoms with Crippen molar-refractivity contribution in [3.05, 3.63) is 96.4 Å². The highest BCUT2D eigenvalue weighted by atomic mass is 32.2. The summed E-state index contributed by atoms with van der Waals surface area (Å²) >= 11 is 1.55. The first kappa shape index (κ1) is 18.5. The maximum absolute atomic E-state index is 4.86. The van der Waals surface area contributed by atoms with E-state index in [1.807, 2.05) is 60.8 Å². The Morgan fingerprint density at radius 2 is 1.47 bits per heavy atom. The van der Waals surface area contributed by atoms with Crippen LogP contribution < -0.4 is 0 Å². The number of nitrogens with zero attached hydrogens (tertiary/aromatic N) is 5. The Bertz CT molecular complexity index is 1300. The lowest BCUT2D eigenvalue weighted by Gasteiger charge is -2.09. The van der Waals surface area contributed by atoms with Crippen molar-refractivity contribution in [2.75, 3.05) is 0 Å². The molecule has 5 rings (SSSR count). The van der Waals surface area contributed by atoms with Crippen LogP contribution in [0.4, 0.5) is 0 Å². The van der Waals surface area contributed by atoms with Crippen LogP contribution in [0.2, 0.25) is 0 Å². The molecule has 0 bridgehead atoms. The van der Waals surface area contributed by atoms with Crippen LogP contribution in [0.3, 0.4) is 0 Å². The summed E-state index contributed by atoms with van der Waals surface area (Å²) in [5.74, 6) is 0.682. The molecule has 30 heavy (non-hydrogen) atoms. The number of hydrogen-bond acceptors (Lipinski definition) is 5. The summed E-state index contributed by atoms with van der Waals surface area (Å²) in [5.41, 5.74) is 6.79. The number of benzene rings is 2. The zero-order valence-electron chi connectivity index (χ0n) is 16.4. The molecule has 0 aliphatic carbocycles. The minimum Gasteiger partial charge on any atom is -0.307 e. The van der Waals surface area contributed by atoms with Crippen LogP contribution in [0.25, 0.3) is 28.2 Å². The first-order valence-corrected chi connectivity index (χ1v) is 10.7. The highest BCUT2D eigenvalue weighted by molar-refractivity contribution is 7.98. The van der Waals surface area contributed by atoms with Gasteiger partial charge in [-0.05, 0) is 18.6 Å². The van der Waals surface area contributed by atoms with E-state index in [-0.39, 0.29) is 0 Å². The van der Waals surface area contributed by atoms with Crippen molar-refractivity contribution in [2.45, 2.75) is 17.8 Å². The Morgan fingerprint density at radius 3 is 2.17 bits per heavy atom. The van der Waals surface area contributed by atoms with Gasteiger partial charge in [0.15, 0.2) is 0 Å². The van der Waals surface area contributed by atoms with Crippen LogP contribution in [0, 0.1) is 6.92 Å². The average molecular weight is 410 g/mol. The fraction of sp³-hybridized carbons (Fsp3) is 0.0833. The molecule has 0 fully saturated rings. The van der Waals surface area contributed by atoms with Gasteiger partial charge in [0.1, 0.15) is 17.0 Å². The number of hydrogen-bond donors (Lipinski definition) is 0. The highest BCUT2D eigenvalue weighted by Gasteiger charge is 2.14. The average Bonchev–Trinajstić information content (AvgIpc) is 3.23. The summed E-state index contributed by atoms with van der Waals surface area (Å²) in [6.45, 7) is 2.07. The number of fused-ring (bicyclic) bond motifs is 1. The number of imidazole rings is 1. The fourth-order valence-corrected chi connectivity index (χ4v) is 4.04. The molecule has 146 valence electrons. The Kier molecular flexibility index (Phi) is 4.99. The predicted octanol–water partition coefficient (Wildman–Crippen LogP) is 5.45. The molecule has 0 atom stereocenters. The smallest absolute Gasteiger partial charge is 0.210 e. The number of rotatable bonds is 5. The minimum absolute atomic E-state index is 0.641. The van der Waals surface area contributed by atoms with Gasteiger partial charge in [-0.1, -0.05) is 78.5 Å². The van der Waals surface area contributed by atoms with Gasteiger partial charge in [0.05, 0.1) is 5.69 Å². The van der Waals surface area contributed by atoms with Gasteiger partial charge in [0.25, 0.3) is 0 Å². The van der Waals surface area contributed by atoms with Gasteiger partial charge in [-0.2, -0.15) is 0 Å². The molecule has 0 saturated carbocycles. The molecule has 5 nitrogen and oxygen atoms in total. The van der Waals surface area contributed by atoms with Gasteiger partial charge in [0.2, 0.25) is 5.16 Å². The summed E-state index contributed by atoms with van der Waals surface area (Å²) in [7, 11) is 0. The lowest BCUT2D eigenvalue weighted by atomic mass is 10.0. The molecule has 0 aliphatic heterocycles. The maximum atomic E-state index is 4.86. The number of thioether (sulfide) groups is 1. The Balaban J connectivity index is 1.47. The van der Waals surface area contributed by atoms with Crippen molar-refractivity contribution >= 4 is 17.4 Å². The van der Waals surface area contributed by atoms with E-state index in [9.17, 15) is 0 Å². The van der Waals surface area contributed by atoms with Gasteiger partial charge in [-0.15, -0.1) is 10.2 Å². The number of aromatic nitrogens is 5. The van der Waals surface area contributed by atoms with Crippen LogP contribution in [-0.4, -0.2) is 24.6 Å². The van der Waals surface area contributed by atoms with E-state index in [1.165, 1.54) is 0 Å². The topological polar surface area (TPSA) is 56.0 Å². The van der Waals surface area contributed by atoms with E-state index in [1.54, 1.807) is 11.8 Å². The lowest BCUT2D eigenvalue weighted by Crippen LogP contribution is -1.99. The quantitative estimate of drug-likeness (QED) is 0.361. The number of aryl methyl sites for hydroxylation is 1. The molecule has 0 amide bonds. The second-order valence-corrected chi connectivity index (χ2v) is 7.91. The summed E-state index contributed by atoms with van der Waals surface area (Å²) in [5, 5.41) is 9.57. The van der Waals surface area contributed by atoms with Gasteiger partial charge in [-0.3, -0.25) is 0 Å². The molecule has 3 aromatic heterocycles. The Hall–Kier alpha value is -3.51. The van der Waals surface area contributed by atoms with Crippen LogP contribution in [-0.2, 0) is 5.75 Å². The summed E-state index contributed by atoms with van der Waals surface area (Å²) < 4.78 is 2.05. The predicted molar refractivity (Wildman–Crippen MR) is 120 cm³/mol. The van der Waals surface area contributed by atoms with E-state index in [4.69, 9.17) is 9.97 Å². The Labute approximate surface area is 178 Å². The van der Waals surface area contributed by atoms with Crippen LogP contribution in [0.1, 0.15) is 11.3 Å². The van der Waals surface area contributed by atoms with Crippen molar-refractivity contribution in [2.24, 2.45) is 0 Å². The summed E-state index contributed by atoms with van der Waals surface area (Å²) in [6, 6.07) is 24.3. The van der Waals surface area contributed by atoms with Crippen molar-refractivity contribution in [1.82, 2.24) is 24.6 Å². The molecule has 0 N–H and O–H groups in total. The molecule has 6 heteroatoms.